The zero-order valence-corrected chi connectivity index (χ0v) is 20.0. The summed E-state index contributed by atoms with van der Waals surface area (Å²) in [5.41, 5.74) is 5.65. The van der Waals surface area contributed by atoms with E-state index in [4.69, 9.17) is 4.74 Å². The molecule has 3 heterocycles. The average molecular weight is 457 g/mol. The lowest BCUT2D eigenvalue weighted by Crippen LogP contribution is -2.46. The number of nitrogens with zero attached hydrogens (tertiary/aromatic N) is 3. The third kappa shape index (κ3) is 4.73. The van der Waals surface area contributed by atoms with Gasteiger partial charge in [-0.25, -0.2) is 0 Å². The first-order chi connectivity index (χ1) is 16.6. The van der Waals surface area contributed by atoms with Gasteiger partial charge in [-0.15, -0.1) is 0 Å². The van der Waals surface area contributed by atoms with Crippen LogP contribution in [0.15, 0.2) is 71.8 Å². The Morgan fingerprint density at radius 1 is 0.941 bits per heavy atom. The van der Waals surface area contributed by atoms with Gasteiger partial charge in [-0.3, -0.25) is 14.3 Å². The van der Waals surface area contributed by atoms with Gasteiger partial charge in [0.05, 0.1) is 7.11 Å². The van der Waals surface area contributed by atoms with Crippen LogP contribution in [0.25, 0.3) is 16.6 Å². The van der Waals surface area contributed by atoms with Crippen molar-refractivity contribution < 1.29 is 4.74 Å². The molecule has 2 aromatic heterocycles. The van der Waals surface area contributed by atoms with Gasteiger partial charge >= 0.3 is 0 Å². The molecule has 176 valence electrons. The third-order valence-electron chi connectivity index (χ3n) is 6.84. The Morgan fingerprint density at radius 3 is 2.44 bits per heavy atom. The molecule has 1 fully saturated rings. The van der Waals surface area contributed by atoms with E-state index >= 15 is 0 Å². The molecule has 1 aliphatic heterocycles. The van der Waals surface area contributed by atoms with Crippen molar-refractivity contribution in [3.63, 3.8) is 0 Å². The van der Waals surface area contributed by atoms with Gasteiger partial charge in [0, 0.05) is 66.9 Å². The van der Waals surface area contributed by atoms with Crippen molar-refractivity contribution in [3.05, 3.63) is 88.5 Å². The molecule has 0 amide bonds. The van der Waals surface area contributed by atoms with Crippen LogP contribution < -0.4 is 15.2 Å². The largest absolute Gasteiger partial charge is 0.497 e. The number of rotatable bonds is 7. The Kier molecular flexibility index (Phi) is 6.41. The van der Waals surface area contributed by atoms with Crippen LogP contribution in [0, 0.1) is 6.92 Å². The van der Waals surface area contributed by atoms with E-state index in [1.54, 1.807) is 17.7 Å². The SMILES string of the molecule is COc1ccc2[nH]cc(CCCN3CCN(c4ccc(-n5ccc(C)cc5=O)cc4)CC3)c2c1. The monoisotopic (exact) mass is 456 g/mol. The summed E-state index contributed by atoms with van der Waals surface area (Å²) >= 11 is 0. The van der Waals surface area contributed by atoms with Crippen LogP contribution in [-0.4, -0.2) is 54.3 Å². The molecule has 5 rings (SSSR count). The average Bonchev–Trinajstić information content (AvgIpc) is 3.27. The molecule has 0 unspecified atom stereocenters. The smallest absolute Gasteiger partial charge is 0.255 e. The molecule has 1 aliphatic rings. The highest BCUT2D eigenvalue weighted by Gasteiger charge is 2.17. The van der Waals surface area contributed by atoms with Gasteiger partial charge in [-0.05, 0) is 86.0 Å². The summed E-state index contributed by atoms with van der Waals surface area (Å²) in [5.74, 6) is 0.906. The molecule has 4 aromatic rings. The molecule has 34 heavy (non-hydrogen) atoms. The first-order valence-electron chi connectivity index (χ1n) is 12.0. The minimum atomic E-state index is 0.00754. The standard InChI is InChI=1S/C28H32N4O2/c1-21-11-13-32(28(33)18-21)24-7-5-23(6-8-24)31-16-14-30(15-17-31)12-3-4-22-20-29-27-10-9-25(34-2)19-26(22)27/h5-11,13,18-20,29H,3-4,12,14-17H2,1-2H3. The van der Waals surface area contributed by atoms with Gasteiger partial charge in [-0.1, -0.05) is 0 Å². The highest BCUT2D eigenvalue weighted by molar-refractivity contribution is 5.84. The summed E-state index contributed by atoms with van der Waals surface area (Å²) in [4.78, 5) is 20.6. The highest BCUT2D eigenvalue weighted by Crippen LogP contribution is 2.25. The molecule has 1 saturated heterocycles. The van der Waals surface area contributed by atoms with Gasteiger partial charge in [0.25, 0.3) is 5.56 Å². The molecule has 0 atom stereocenters. The first-order valence-corrected chi connectivity index (χ1v) is 12.0. The number of aryl methyl sites for hydroxylation is 2. The highest BCUT2D eigenvalue weighted by atomic mass is 16.5. The predicted octanol–water partition coefficient (Wildman–Crippen LogP) is 4.39. The Bertz CT molecular complexity index is 1310. The Hall–Kier alpha value is -3.51. The van der Waals surface area contributed by atoms with Crippen molar-refractivity contribution in [2.45, 2.75) is 19.8 Å². The normalized spacial score (nSPS) is 14.6. The van der Waals surface area contributed by atoms with Crippen molar-refractivity contribution in [1.82, 2.24) is 14.5 Å². The second-order valence-electron chi connectivity index (χ2n) is 9.09. The van der Waals surface area contributed by atoms with Crippen molar-refractivity contribution >= 4 is 16.6 Å². The van der Waals surface area contributed by atoms with E-state index in [-0.39, 0.29) is 5.56 Å². The molecule has 0 aliphatic carbocycles. The van der Waals surface area contributed by atoms with E-state index in [2.05, 4.69) is 45.2 Å². The second kappa shape index (κ2) is 9.77. The summed E-state index contributed by atoms with van der Waals surface area (Å²) < 4.78 is 7.08. The summed E-state index contributed by atoms with van der Waals surface area (Å²) in [6.07, 6.45) is 6.19. The minimum absolute atomic E-state index is 0.00754. The maximum atomic E-state index is 12.3. The molecule has 6 nitrogen and oxygen atoms in total. The van der Waals surface area contributed by atoms with E-state index in [0.717, 1.165) is 62.6 Å². The van der Waals surface area contributed by atoms with E-state index in [0.29, 0.717) is 0 Å². The number of nitrogens with one attached hydrogen (secondary N) is 1. The van der Waals surface area contributed by atoms with Crippen LogP contribution >= 0.6 is 0 Å². The molecular weight excluding hydrogens is 424 g/mol. The number of pyridine rings is 1. The molecule has 1 N–H and O–H groups in total. The van der Waals surface area contributed by atoms with Crippen LogP contribution in [0.1, 0.15) is 17.5 Å². The van der Waals surface area contributed by atoms with Crippen LogP contribution in [0.4, 0.5) is 5.69 Å². The fourth-order valence-electron chi connectivity index (χ4n) is 4.83. The summed E-state index contributed by atoms with van der Waals surface area (Å²) in [6, 6.07) is 18.2. The number of fused-ring (bicyclic) bond motifs is 1. The van der Waals surface area contributed by atoms with Crippen LogP contribution in [0.5, 0.6) is 5.75 Å². The molecule has 0 bridgehead atoms. The zero-order chi connectivity index (χ0) is 23.5. The number of piperazine rings is 1. The molecule has 6 heteroatoms. The van der Waals surface area contributed by atoms with E-state index in [1.165, 1.54) is 22.2 Å². The van der Waals surface area contributed by atoms with Crippen LogP contribution in [0.3, 0.4) is 0 Å². The van der Waals surface area contributed by atoms with Gasteiger partial charge in [0.15, 0.2) is 0 Å². The second-order valence-corrected chi connectivity index (χ2v) is 9.09. The number of methoxy groups -OCH3 is 1. The first kappa shape index (κ1) is 22.3. The van der Waals surface area contributed by atoms with Gasteiger partial charge < -0.3 is 14.6 Å². The Labute approximate surface area is 200 Å². The number of hydrogen-bond acceptors (Lipinski definition) is 4. The van der Waals surface area contributed by atoms with E-state index in [1.807, 2.05) is 37.4 Å². The Balaban J connectivity index is 1.13. The van der Waals surface area contributed by atoms with Crippen molar-refractivity contribution in [2.75, 3.05) is 44.7 Å². The fourth-order valence-corrected chi connectivity index (χ4v) is 4.83. The fraction of sp³-hybridized carbons (Fsp3) is 0.321. The molecule has 0 spiro atoms. The lowest BCUT2D eigenvalue weighted by molar-refractivity contribution is 0.255. The van der Waals surface area contributed by atoms with Gasteiger partial charge in [0.1, 0.15) is 5.75 Å². The predicted molar refractivity (Wildman–Crippen MR) is 139 cm³/mol. The lowest BCUT2D eigenvalue weighted by atomic mass is 10.1. The van der Waals surface area contributed by atoms with E-state index in [9.17, 15) is 4.79 Å². The van der Waals surface area contributed by atoms with Crippen LogP contribution in [-0.2, 0) is 6.42 Å². The number of ether oxygens (including phenoxy) is 1. The van der Waals surface area contributed by atoms with Gasteiger partial charge in [0.2, 0.25) is 0 Å². The number of hydrogen-bond donors (Lipinski definition) is 1. The Morgan fingerprint density at radius 2 is 1.71 bits per heavy atom. The van der Waals surface area contributed by atoms with Crippen molar-refractivity contribution in [2.24, 2.45) is 0 Å². The maximum absolute atomic E-state index is 12.3. The minimum Gasteiger partial charge on any atom is -0.497 e. The number of benzene rings is 2. The van der Waals surface area contributed by atoms with E-state index < -0.39 is 0 Å². The number of aromatic nitrogens is 2. The topological polar surface area (TPSA) is 53.5 Å². The van der Waals surface area contributed by atoms with Crippen LogP contribution in [0.2, 0.25) is 0 Å². The van der Waals surface area contributed by atoms with Crippen molar-refractivity contribution in [3.8, 4) is 11.4 Å². The number of H-pyrrole nitrogens is 1. The third-order valence-corrected chi connectivity index (χ3v) is 6.84. The van der Waals surface area contributed by atoms with Gasteiger partial charge in [-0.2, -0.15) is 0 Å². The molecule has 0 saturated carbocycles. The lowest BCUT2D eigenvalue weighted by Gasteiger charge is -2.36. The molecule has 0 radical (unpaired) electrons. The summed E-state index contributed by atoms with van der Waals surface area (Å²) in [6.45, 7) is 7.23. The molecule has 2 aromatic carbocycles. The number of aromatic amines is 1. The molecular formula is C28H32N4O2. The van der Waals surface area contributed by atoms with Crippen molar-refractivity contribution in [1.29, 1.82) is 0 Å². The summed E-state index contributed by atoms with van der Waals surface area (Å²) in [5, 5.41) is 1.26. The maximum Gasteiger partial charge on any atom is 0.255 e. The summed E-state index contributed by atoms with van der Waals surface area (Å²) in [7, 11) is 1.72. The zero-order valence-electron chi connectivity index (χ0n) is 20.0. The quantitative estimate of drug-likeness (QED) is 0.448. The number of anilines is 1.